The summed E-state index contributed by atoms with van der Waals surface area (Å²) in [7, 11) is 0. The molecule has 0 fully saturated rings. The van der Waals surface area contributed by atoms with Crippen LogP contribution in [0.15, 0.2) is 18.2 Å². The summed E-state index contributed by atoms with van der Waals surface area (Å²) in [5.74, 6) is -0.115. The number of hydrogen-bond acceptors (Lipinski definition) is 4. The molecule has 1 aromatic carbocycles. The van der Waals surface area contributed by atoms with E-state index < -0.39 is 0 Å². The third-order valence-corrected chi connectivity index (χ3v) is 5.22. The number of nitrogens with one attached hydrogen (secondary N) is 1. The number of anilines is 1. The van der Waals surface area contributed by atoms with Gasteiger partial charge in [0.2, 0.25) is 0 Å². The second kappa shape index (κ2) is 6.03. The first-order valence-corrected chi connectivity index (χ1v) is 8.29. The van der Waals surface area contributed by atoms with Gasteiger partial charge in [0.15, 0.2) is 0 Å². The highest BCUT2D eigenvalue weighted by Crippen LogP contribution is 2.35. The van der Waals surface area contributed by atoms with Crippen molar-refractivity contribution in [3.05, 3.63) is 28.1 Å². The summed E-state index contributed by atoms with van der Waals surface area (Å²) in [5, 5.41) is 4.82. The Morgan fingerprint density at radius 2 is 2.32 bits per heavy atom. The Morgan fingerprint density at radius 3 is 3.00 bits per heavy atom. The summed E-state index contributed by atoms with van der Waals surface area (Å²) in [6, 6.07) is 5.47. The first kappa shape index (κ1) is 14.5. The van der Waals surface area contributed by atoms with Crippen LogP contribution in [0.3, 0.4) is 0 Å². The normalized spacial score (nSPS) is 12.6. The summed E-state index contributed by atoms with van der Waals surface area (Å²) in [6.45, 7) is 2.70. The van der Waals surface area contributed by atoms with Crippen molar-refractivity contribution in [2.45, 2.75) is 12.2 Å². The largest absolute Gasteiger partial charge is 0.397 e. The fourth-order valence-electron chi connectivity index (χ4n) is 1.66. The van der Waals surface area contributed by atoms with Gasteiger partial charge in [-0.3, -0.25) is 4.79 Å². The van der Waals surface area contributed by atoms with Crippen molar-refractivity contribution in [3.63, 3.8) is 0 Å². The zero-order valence-corrected chi connectivity index (χ0v) is 13.1. The Morgan fingerprint density at radius 1 is 1.58 bits per heavy atom. The molecular formula is C13H15ClN2OS2. The third-order valence-electron chi connectivity index (χ3n) is 2.85. The molecule has 1 atom stereocenters. The van der Waals surface area contributed by atoms with Crippen molar-refractivity contribution in [1.29, 1.82) is 0 Å². The summed E-state index contributed by atoms with van der Waals surface area (Å²) >= 11 is 9.03. The molecule has 1 unspecified atom stereocenters. The van der Waals surface area contributed by atoms with Crippen molar-refractivity contribution in [2.24, 2.45) is 0 Å². The lowest BCUT2D eigenvalue weighted by atomic mass is 10.2. The minimum atomic E-state index is -0.115. The molecule has 1 aromatic heterocycles. The maximum atomic E-state index is 12.1. The molecule has 0 bridgehead atoms. The van der Waals surface area contributed by atoms with E-state index in [2.05, 4.69) is 12.2 Å². The molecule has 2 aromatic rings. The highest BCUT2D eigenvalue weighted by Gasteiger charge is 2.16. The number of carbonyl (C=O) groups excluding carboxylic acids is 1. The van der Waals surface area contributed by atoms with Crippen molar-refractivity contribution >= 4 is 56.4 Å². The Hall–Kier alpha value is -0.910. The lowest BCUT2D eigenvalue weighted by molar-refractivity contribution is 0.0959. The minimum absolute atomic E-state index is 0.115. The van der Waals surface area contributed by atoms with Gasteiger partial charge in [-0.25, -0.2) is 0 Å². The average molecular weight is 315 g/mol. The number of nitrogens with two attached hydrogens (primary N) is 1. The monoisotopic (exact) mass is 314 g/mol. The van der Waals surface area contributed by atoms with E-state index in [4.69, 9.17) is 17.3 Å². The number of rotatable bonds is 4. The third kappa shape index (κ3) is 3.16. The Bertz CT molecular complexity index is 612. The highest BCUT2D eigenvalue weighted by atomic mass is 35.5. The molecule has 102 valence electrons. The van der Waals surface area contributed by atoms with Crippen LogP contribution < -0.4 is 11.1 Å². The standard InChI is InChI=1S/C13H15ClN2OS2/c1-7(18-2)6-16-13(17)12-11(15)9-4-3-8(14)5-10(9)19-12/h3-5,7H,6,15H2,1-2H3,(H,16,17). The van der Waals surface area contributed by atoms with Crippen molar-refractivity contribution in [2.75, 3.05) is 18.5 Å². The van der Waals surface area contributed by atoms with E-state index in [1.54, 1.807) is 17.8 Å². The van der Waals surface area contributed by atoms with Gasteiger partial charge in [-0.05, 0) is 24.5 Å². The lowest BCUT2D eigenvalue weighted by Gasteiger charge is -2.09. The smallest absolute Gasteiger partial charge is 0.263 e. The lowest BCUT2D eigenvalue weighted by Crippen LogP contribution is -2.29. The molecule has 3 nitrogen and oxygen atoms in total. The molecule has 3 N–H and O–H groups in total. The van der Waals surface area contributed by atoms with E-state index in [-0.39, 0.29) is 5.91 Å². The number of thioether (sulfide) groups is 1. The molecule has 0 spiro atoms. The summed E-state index contributed by atoms with van der Waals surface area (Å²) in [5.41, 5.74) is 6.56. The molecular weight excluding hydrogens is 300 g/mol. The van der Waals surface area contributed by atoms with Crippen molar-refractivity contribution in [3.8, 4) is 0 Å². The van der Waals surface area contributed by atoms with E-state index in [9.17, 15) is 4.79 Å². The predicted molar refractivity (Wildman–Crippen MR) is 86.6 cm³/mol. The number of nitrogen functional groups attached to an aromatic ring is 1. The maximum absolute atomic E-state index is 12.1. The molecule has 0 saturated carbocycles. The van der Waals surface area contributed by atoms with Crippen LogP contribution in [0.1, 0.15) is 16.6 Å². The molecule has 19 heavy (non-hydrogen) atoms. The number of halogens is 1. The number of amides is 1. The first-order valence-electron chi connectivity index (χ1n) is 5.81. The fraction of sp³-hybridized carbons (Fsp3) is 0.308. The Labute approximate surface area is 125 Å². The molecule has 0 aliphatic rings. The van der Waals surface area contributed by atoms with E-state index in [1.807, 2.05) is 18.4 Å². The molecule has 0 radical (unpaired) electrons. The Balaban J connectivity index is 2.25. The fourth-order valence-corrected chi connectivity index (χ4v) is 3.22. The van der Waals surface area contributed by atoms with Gasteiger partial charge in [0.1, 0.15) is 4.88 Å². The molecule has 6 heteroatoms. The van der Waals surface area contributed by atoms with Gasteiger partial charge in [0.05, 0.1) is 5.69 Å². The van der Waals surface area contributed by atoms with Crippen LogP contribution in [0.5, 0.6) is 0 Å². The maximum Gasteiger partial charge on any atom is 0.263 e. The van der Waals surface area contributed by atoms with Crippen LogP contribution >= 0.6 is 34.7 Å². The van der Waals surface area contributed by atoms with Crippen LogP contribution in [-0.2, 0) is 0 Å². The highest BCUT2D eigenvalue weighted by molar-refractivity contribution is 7.99. The molecule has 2 rings (SSSR count). The SMILES string of the molecule is CSC(C)CNC(=O)c1sc2cc(Cl)ccc2c1N. The van der Waals surface area contributed by atoms with E-state index in [1.165, 1.54) is 11.3 Å². The van der Waals surface area contributed by atoms with E-state index in [0.717, 1.165) is 10.1 Å². The zero-order valence-electron chi connectivity index (χ0n) is 10.7. The molecule has 0 saturated heterocycles. The van der Waals surface area contributed by atoms with Gasteiger partial charge in [0.25, 0.3) is 5.91 Å². The van der Waals surface area contributed by atoms with E-state index in [0.29, 0.717) is 27.4 Å². The van der Waals surface area contributed by atoms with Crippen LogP contribution in [0.2, 0.25) is 5.02 Å². The minimum Gasteiger partial charge on any atom is -0.397 e. The molecule has 0 aliphatic heterocycles. The summed E-state index contributed by atoms with van der Waals surface area (Å²) < 4.78 is 0.938. The van der Waals surface area contributed by atoms with Gasteiger partial charge < -0.3 is 11.1 Å². The van der Waals surface area contributed by atoms with Crippen LogP contribution in [0.25, 0.3) is 10.1 Å². The zero-order chi connectivity index (χ0) is 14.0. The number of benzene rings is 1. The second-order valence-electron chi connectivity index (χ2n) is 4.24. The van der Waals surface area contributed by atoms with Crippen molar-refractivity contribution in [1.82, 2.24) is 5.32 Å². The van der Waals surface area contributed by atoms with E-state index >= 15 is 0 Å². The number of fused-ring (bicyclic) bond motifs is 1. The summed E-state index contributed by atoms with van der Waals surface area (Å²) in [4.78, 5) is 12.7. The van der Waals surface area contributed by atoms with Gasteiger partial charge in [-0.2, -0.15) is 11.8 Å². The predicted octanol–water partition coefficient (Wildman–Crippen LogP) is 3.62. The number of thiophene rings is 1. The van der Waals surface area contributed by atoms with Gasteiger partial charge >= 0.3 is 0 Å². The van der Waals surface area contributed by atoms with Crippen LogP contribution in [0.4, 0.5) is 5.69 Å². The first-order chi connectivity index (χ1) is 9.02. The number of carbonyl (C=O) groups is 1. The van der Waals surface area contributed by atoms with Gasteiger partial charge in [-0.1, -0.05) is 18.5 Å². The van der Waals surface area contributed by atoms with Crippen LogP contribution in [-0.4, -0.2) is 24.0 Å². The molecule has 1 heterocycles. The second-order valence-corrected chi connectivity index (χ2v) is 7.01. The average Bonchev–Trinajstić information content (AvgIpc) is 2.72. The van der Waals surface area contributed by atoms with Gasteiger partial charge in [-0.15, -0.1) is 11.3 Å². The quantitative estimate of drug-likeness (QED) is 0.906. The molecule has 1 amide bonds. The topological polar surface area (TPSA) is 55.1 Å². The molecule has 0 aliphatic carbocycles. The van der Waals surface area contributed by atoms with Gasteiger partial charge in [0, 0.05) is 26.9 Å². The van der Waals surface area contributed by atoms with Crippen molar-refractivity contribution < 1.29 is 4.79 Å². The Kier molecular flexibility index (Phi) is 4.60. The summed E-state index contributed by atoms with van der Waals surface area (Å²) in [6.07, 6.45) is 2.02. The van der Waals surface area contributed by atoms with Crippen LogP contribution in [0, 0.1) is 0 Å². The number of hydrogen-bond donors (Lipinski definition) is 2.